The third-order valence-corrected chi connectivity index (χ3v) is 5.37. The summed E-state index contributed by atoms with van der Waals surface area (Å²) in [4.78, 5) is 30.6. The standard InChI is InChI=1S/C23H24N2O4/c1-2-20(26)16-7-9-18(10-8-16)28-15-22(27)25-13-11-17(12-14-25)23-24-19-5-3-4-6-21(19)29-23/h3-10,17H,2,11-15H2,1H3. The first-order valence-electron chi connectivity index (χ1n) is 10.0. The fourth-order valence-electron chi connectivity index (χ4n) is 3.62. The van der Waals surface area contributed by atoms with Crippen LogP contribution in [-0.2, 0) is 4.79 Å². The van der Waals surface area contributed by atoms with Gasteiger partial charge in [0.1, 0.15) is 11.3 Å². The van der Waals surface area contributed by atoms with Crippen molar-refractivity contribution in [1.82, 2.24) is 9.88 Å². The number of carbonyl (C=O) groups excluding carboxylic acids is 2. The van der Waals surface area contributed by atoms with Gasteiger partial charge in [0.25, 0.3) is 5.91 Å². The Morgan fingerprint density at radius 2 is 1.83 bits per heavy atom. The van der Waals surface area contributed by atoms with Crippen molar-refractivity contribution in [2.45, 2.75) is 32.1 Å². The Hall–Kier alpha value is -3.15. The molecule has 0 unspecified atom stereocenters. The van der Waals surface area contributed by atoms with Crippen molar-refractivity contribution in [3.63, 3.8) is 0 Å². The van der Waals surface area contributed by atoms with E-state index in [1.54, 1.807) is 24.3 Å². The quantitative estimate of drug-likeness (QED) is 0.588. The number of rotatable bonds is 6. The van der Waals surface area contributed by atoms with E-state index in [-0.39, 0.29) is 24.2 Å². The highest BCUT2D eigenvalue weighted by Crippen LogP contribution is 2.30. The molecule has 1 saturated heterocycles. The summed E-state index contributed by atoms with van der Waals surface area (Å²) in [5, 5.41) is 0. The summed E-state index contributed by atoms with van der Waals surface area (Å²) in [6.45, 7) is 3.15. The van der Waals surface area contributed by atoms with Crippen LogP contribution in [0.3, 0.4) is 0 Å². The third-order valence-electron chi connectivity index (χ3n) is 5.37. The first kappa shape index (κ1) is 19.2. The molecule has 1 amide bonds. The Kier molecular flexibility index (Phi) is 5.60. The molecule has 4 rings (SSSR count). The molecule has 0 saturated carbocycles. The minimum absolute atomic E-state index is 0.00533. The zero-order chi connectivity index (χ0) is 20.2. The Labute approximate surface area is 169 Å². The number of hydrogen-bond donors (Lipinski definition) is 0. The summed E-state index contributed by atoms with van der Waals surface area (Å²) >= 11 is 0. The fraction of sp³-hybridized carbons (Fsp3) is 0.348. The number of oxazole rings is 1. The summed E-state index contributed by atoms with van der Waals surface area (Å²) in [5.41, 5.74) is 2.34. The molecule has 1 aliphatic heterocycles. The van der Waals surface area contributed by atoms with Crippen LogP contribution in [-0.4, -0.2) is 41.3 Å². The predicted octanol–water partition coefficient (Wildman–Crippen LogP) is 4.21. The number of carbonyl (C=O) groups is 2. The van der Waals surface area contributed by atoms with E-state index >= 15 is 0 Å². The Balaban J connectivity index is 1.28. The van der Waals surface area contributed by atoms with E-state index in [0.717, 1.165) is 29.8 Å². The second-order valence-corrected chi connectivity index (χ2v) is 7.26. The predicted molar refractivity (Wildman–Crippen MR) is 109 cm³/mol. The molecule has 29 heavy (non-hydrogen) atoms. The van der Waals surface area contributed by atoms with E-state index in [1.807, 2.05) is 36.1 Å². The van der Waals surface area contributed by atoms with Crippen LogP contribution in [0, 0.1) is 0 Å². The fourth-order valence-corrected chi connectivity index (χ4v) is 3.62. The van der Waals surface area contributed by atoms with Crippen LogP contribution in [0.2, 0.25) is 0 Å². The maximum atomic E-state index is 12.5. The van der Waals surface area contributed by atoms with Crippen LogP contribution in [0.15, 0.2) is 52.9 Å². The zero-order valence-corrected chi connectivity index (χ0v) is 16.5. The van der Waals surface area contributed by atoms with Crippen molar-refractivity contribution in [3.8, 4) is 5.75 Å². The second-order valence-electron chi connectivity index (χ2n) is 7.26. The van der Waals surface area contributed by atoms with Gasteiger partial charge in [-0.05, 0) is 49.2 Å². The van der Waals surface area contributed by atoms with Crippen molar-refractivity contribution in [3.05, 3.63) is 60.0 Å². The Morgan fingerprint density at radius 1 is 1.10 bits per heavy atom. The molecule has 0 spiro atoms. The number of amides is 1. The molecular weight excluding hydrogens is 368 g/mol. The molecule has 0 aliphatic carbocycles. The number of hydrogen-bond acceptors (Lipinski definition) is 5. The van der Waals surface area contributed by atoms with Crippen LogP contribution in [0.4, 0.5) is 0 Å². The zero-order valence-electron chi connectivity index (χ0n) is 16.5. The highest BCUT2D eigenvalue weighted by Gasteiger charge is 2.27. The first-order valence-corrected chi connectivity index (χ1v) is 10.0. The molecule has 0 N–H and O–H groups in total. The van der Waals surface area contributed by atoms with Gasteiger partial charge < -0.3 is 14.1 Å². The minimum atomic E-state index is -0.0327. The SMILES string of the molecule is CCC(=O)c1ccc(OCC(=O)N2CCC(c3nc4ccccc4o3)CC2)cc1. The van der Waals surface area contributed by atoms with E-state index in [4.69, 9.17) is 9.15 Å². The monoisotopic (exact) mass is 392 g/mol. The van der Waals surface area contributed by atoms with E-state index in [0.29, 0.717) is 30.8 Å². The van der Waals surface area contributed by atoms with Crippen molar-refractivity contribution < 1.29 is 18.7 Å². The number of ketones is 1. The molecule has 1 fully saturated rings. The number of likely N-dealkylation sites (tertiary alicyclic amines) is 1. The highest BCUT2D eigenvalue weighted by atomic mass is 16.5. The molecule has 1 aromatic heterocycles. The lowest BCUT2D eigenvalue weighted by Gasteiger charge is -2.30. The van der Waals surface area contributed by atoms with Crippen molar-refractivity contribution in [2.75, 3.05) is 19.7 Å². The number of aromatic nitrogens is 1. The summed E-state index contributed by atoms with van der Waals surface area (Å²) in [6, 6.07) is 14.7. The summed E-state index contributed by atoms with van der Waals surface area (Å²) in [7, 11) is 0. The third kappa shape index (κ3) is 4.31. The van der Waals surface area contributed by atoms with Crippen LogP contribution < -0.4 is 4.74 Å². The topological polar surface area (TPSA) is 72.6 Å². The van der Waals surface area contributed by atoms with Gasteiger partial charge in [0, 0.05) is 31.0 Å². The van der Waals surface area contributed by atoms with Crippen LogP contribution >= 0.6 is 0 Å². The van der Waals surface area contributed by atoms with Crippen LogP contribution in [0.25, 0.3) is 11.1 Å². The van der Waals surface area contributed by atoms with Crippen LogP contribution in [0.5, 0.6) is 5.75 Å². The average molecular weight is 392 g/mol. The molecule has 6 heteroatoms. The maximum Gasteiger partial charge on any atom is 0.260 e. The Bertz CT molecular complexity index is 968. The lowest BCUT2D eigenvalue weighted by molar-refractivity contribution is -0.134. The number of nitrogens with zero attached hydrogens (tertiary/aromatic N) is 2. The molecule has 3 aromatic rings. The van der Waals surface area contributed by atoms with Gasteiger partial charge >= 0.3 is 0 Å². The summed E-state index contributed by atoms with van der Waals surface area (Å²) < 4.78 is 11.5. The molecule has 6 nitrogen and oxygen atoms in total. The molecule has 2 aromatic carbocycles. The normalized spacial score (nSPS) is 14.9. The van der Waals surface area contributed by atoms with Crippen molar-refractivity contribution >= 4 is 22.8 Å². The molecule has 0 radical (unpaired) electrons. The number of Topliss-reactive ketones (excluding diaryl/α,β-unsaturated/α-hetero) is 1. The van der Waals surface area contributed by atoms with E-state index < -0.39 is 0 Å². The van der Waals surface area contributed by atoms with Gasteiger partial charge in [-0.15, -0.1) is 0 Å². The van der Waals surface area contributed by atoms with Gasteiger partial charge in [-0.3, -0.25) is 9.59 Å². The van der Waals surface area contributed by atoms with Crippen LogP contribution in [0.1, 0.15) is 48.4 Å². The molecule has 150 valence electrons. The molecule has 1 aliphatic rings. The molecule has 0 bridgehead atoms. The number of ether oxygens (including phenoxy) is 1. The highest BCUT2D eigenvalue weighted by molar-refractivity contribution is 5.95. The second kappa shape index (κ2) is 8.47. The molecule has 0 atom stereocenters. The number of para-hydroxylation sites is 2. The molecular formula is C23H24N2O4. The van der Waals surface area contributed by atoms with Gasteiger partial charge in [-0.2, -0.15) is 0 Å². The lowest BCUT2D eigenvalue weighted by atomic mass is 9.97. The number of fused-ring (bicyclic) bond motifs is 1. The van der Waals surface area contributed by atoms with Crippen molar-refractivity contribution in [2.24, 2.45) is 0 Å². The van der Waals surface area contributed by atoms with Gasteiger partial charge in [-0.25, -0.2) is 4.98 Å². The van der Waals surface area contributed by atoms with E-state index in [9.17, 15) is 9.59 Å². The summed E-state index contributed by atoms with van der Waals surface area (Å²) in [6.07, 6.45) is 2.12. The number of benzene rings is 2. The largest absolute Gasteiger partial charge is 0.484 e. The maximum absolute atomic E-state index is 12.5. The van der Waals surface area contributed by atoms with E-state index in [2.05, 4.69) is 4.98 Å². The van der Waals surface area contributed by atoms with Gasteiger partial charge in [0.2, 0.25) is 0 Å². The lowest BCUT2D eigenvalue weighted by Crippen LogP contribution is -2.40. The Morgan fingerprint density at radius 3 is 2.52 bits per heavy atom. The van der Waals surface area contributed by atoms with Crippen molar-refractivity contribution in [1.29, 1.82) is 0 Å². The van der Waals surface area contributed by atoms with Gasteiger partial charge in [-0.1, -0.05) is 19.1 Å². The smallest absolute Gasteiger partial charge is 0.260 e. The van der Waals surface area contributed by atoms with E-state index in [1.165, 1.54) is 0 Å². The summed E-state index contributed by atoms with van der Waals surface area (Å²) in [5.74, 6) is 1.64. The van der Waals surface area contributed by atoms with Gasteiger partial charge in [0.15, 0.2) is 23.9 Å². The first-order chi connectivity index (χ1) is 14.1. The van der Waals surface area contributed by atoms with Gasteiger partial charge in [0.05, 0.1) is 0 Å². The number of piperidine rings is 1. The minimum Gasteiger partial charge on any atom is -0.484 e. The average Bonchev–Trinajstić information content (AvgIpc) is 3.22. The molecule has 2 heterocycles.